The summed E-state index contributed by atoms with van der Waals surface area (Å²) in [6, 6.07) is 16.1. The maximum absolute atomic E-state index is 12.6. The summed E-state index contributed by atoms with van der Waals surface area (Å²) in [7, 11) is -3.78. The number of phenols is 1. The van der Waals surface area contributed by atoms with E-state index in [2.05, 4.69) is 0 Å². The minimum atomic E-state index is -3.78. The average molecular weight is 420 g/mol. The summed E-state index contributed by atoms with van der Waals surface area (Å²) in [6.07, 6.45) is 1.05. The van der Waals surface area contributed by atoms with Crippen molar-refractivity contribution < 1.29 is 18.3 Å². The van der Waals surface area contributed by atoms with Gasteiger partial charge in [-0.05, 0) is 24.6 Å². The monoisotopic (exact) mass is 419 g/mol. The molecule has 1 atom stereocenters. The molecule has 7 nitrogen and oxygen atoms in total. The SMILES string of the molecule is CC1=C(C(N)=O)N(S(C)(=O)=O)C(N(Cc2ccccc2)c2cccc(O)c2)S1. The summed E-state index contributed by atoms with van der Waals surface area (Å²) in [5.74, 6) is -0.738. The van der Waals surface area contributed by atoms with Gasteiger partial charge in [-0.2, -0.15) is 0 Å². The summed E-state index contributed by atoms with van der Waals surface area (Å²) in [6.45, 7) is 2.04. The number of hydrogen-bond acceptors (Lipinski definition) is 6. The summed E-state index contributed by atoms with van der Waals surface area (Å²) >= 11 is 1.23. The molecule has 3 N–H and O–H groups in total. The highest BCUT2D eigenvalue weighted by atomic mass is 32.2. The number of carbonyl (C=O) groups excluding carboxylic acids is 1. The Morgan fingerprint density at radius 3 is 2.46 bits per heavy atom. The third-order valence-electron chi connectivity index (χ3n) is 4.25. The van der Waals surface area contributed by atoms with Crippen LogP contribution in [0.5, 0.6) is 5.75 Å². The Morgan fingerprint density at radius 2 is 1.89 bits per heavy atom. The van der Waals surface area contributed by atoms with Crippen molar-refractivity contribution in [2.75, 3.05) is 11.2 Å². The van der Waals surface area contributed by atoms with Crippen LogP contribution in [0, 0.1) is 0 Å². The molecule has 0 spiro atoms. The molecule has 0 aromatic heterocycles. The van der Waals surface area contributed by atoms with Gasteiger partial charge < -0.3 is 15.7 Å². The first-order chi connectivity index (χ1) is 13.2. The molecule has 0 saturated heterocycles. The predicted molar refractivity (Wildman–Crippen MR) is 111 cm³/mol. The first kappa shape index (κ1) is 20.1. The number of carbonyl (C=O) groups is 1. The summed E-state index contributed by atoms with van der Waals surface area (Å²) in [4.78, 5) is 14.3. The number of hydrogen-bond donors (Lipinski definition) is 2. The van der Waals surface area contributed by atoms with Crippen LogP contribution in [0.2, 0.25) is 0 Å². The van der Waals surface area contributed by atoms with Crippen LogP contribution < -0.4 is 10.6 Å². The Bertz CT molecular complexity index is 1020. The molecule has 0 saturated carbocycles. The van der Waals surface area contributed by atoms with Crippen LogP contribution in [0.25, 0.3) is 0 Å². The first-order valence-corrected chi connectivity index (χ1v) is 11.2. The molecule has 1 aliphatic rings. The molecule has 0 aliphatic carbocycles. The second kappa shape index (κ2) is 7.76. The number of sulfonamides is 1. The number of thioether (sulfide) groups is 1. The van der Waals surface area contributed by atoms with Crippen LogP contribution in [0.15, 0.2) is 65.2 Å². The topological polar surface area (TPSA) is 104 Å². The summed E-state index contributed by atoms with van der Waals surface area (Å²) in [5, 5.41) is 9.94. The van der Waals surface area contributed by atoms with E-state index < -0.39 is 21.4 Å². The van der Waals surface area contributed by atoms with Crippen LogP contribution in [0.4, 0.5) is 5.69 Å². The van der Waals surface area contributed by atoms with E-state index in [0.717, 1.165) is 16.1 Å². The van der Waals surface area contributed by atoms with E-state index in [1.165, 1.54) is 11.8 Å². The second-order valence-corrected chi connectivity index (χ2v) is 9.53. The first-order valence-electron chi connectivity index (χ1n) is 8.45. The van der Waals surface area contributed by atoms with E-state index in [9.17, 15) is 18.3 Å². The maximum Gasteiger partial charge on any atom is 0.266 e. The Labute approximate surface area is 168 Å². The predicted octanol–water partition coefficient (Wildman–Crippen LogP) is 2.41. The zero-order valence-electron chi connectivity index (χ0n) is 15.4. The van der Waals surface area contributed by atoms with Crippen LogP contribution in [0.1, 0.15) is 12.5 Å². The fourth-order valence-electron chi connectivity index (χ4n) is 3.08. The molecule has 2 aromatic rings. The van der Waals surface area contributed by atoms with E-state index in [1.807, 2.05) is 35.2 Å². The molecule has 148 valence electrons. The van der Waals surface area contributed by atoms with Crippen LogP contribution in [-0.2, 0) is 21.4 Å². The number of amides is 1. The van der Waals surface area contributed by atoms with Crippen LogP contribution in [0.3, 0.4) is 0 Å². The molecule has 28 heavy (non-hydrogen) atoms. The van der Waals surface area contributed by atoms with E-state index >= 15 is 0 Å². The van der Waals surface area contributed by atoms with Crippen molar-refractivity contribution in [3.8, 4) is 5.75 Å². The van der Waals surface area contributed by atoms with Crippen molar-refractivity contribution in [2.45, 2.75) is 19.0 Å². The lowest BCUT2D eigenvalue weighted by atomic mass is 10.2. The number of aromatic hydroxyl groups is 1. The molecule has 0 radical (unpaired) electrons. The van der Waals surface area contributed by atoms with E-state index in [4.69, 9.17) is 5.73 Å². The van der Waals surface area contributed by atoms with Gasteiger partial charge in [0.15, 0.2) is 5.50 Å². The highest BCUT2D eigenvalue weighted by Gasteiger charge is 2.42. The van der Waals surface area contributed by atoms with Gasteiger partial charge >= 0.3 is 0 Å². The van der Waals surface area contributed by atoms with Crippen LogP contribution >= 0.6 is 11.8 Å². The maximum atomic E-state index is 12.6. The normalized spacial score (nSPS) is 17.1. The lowest BCUT2D eigenvalue weighted by Crippen LogP contribution is -2.47. The lowest BCUT2D eigenvalue weighted by Gasteiger charge is -2.36. The lowest BCUT2D eigenvalue weighted by molar-refractivity contribution is -0.115. The van der Waals surface area contributed by atoms with Gasteiger partial charge in [0, 0.05) is 23.2 Å². The number of allylic oxidation sites excluding steroid dienone is 1. The number of nitrogens with two attached hydrogens (primary N) is 1. The fourth-order valence-corrected chi connectivity index (χ4v) is 5.89. The van der Waals surface area contributed by atoms with E-state index in [0.29, 0.717) is 17.1 Å². The number of anilines is 1. The summed E-state index contributed by atoms with van der Waals surface area (Å²) < 4.78 is 26.2. The molecule has 9 heteroatoms. The molecular formula is C19H21N3O4S2. The van der Waals surface area contributed by atoms with Gasteiger partial charge in [0.2, 0.25) is 10.0 Å². The van der Waals surface area contributed by atoms with Gasteiger partial charge in [0.05, 0.1) is 6.26 Å². The quantitative estimate of drug-likeness (QED) is 0.745. The zero-order valence-corrected chi connectivity index (χ0v) is 17.1. The van der Waals surface area contributed by atoms with Gasteiger partial charge in [-0.3, -0.25) is 4.79 Å². The molecule has 1 heterocycles. The van der Waals surface area contributed by atoms with Gasteiger partial charge in [0.1, 0.15) is 11.4 Å². The third kappa shape index (κ3) is 4.10. The average Bonchev–Trinajstić information content (AvgIpc) is 2.98. The number of phenolic OH excluding ortho intramolecular Hbond substituents is 1. The second-order valence-electron chi connectivity index (χ2n) is 6.41. The molecule has 0 fully saturated rings. The standard InChI is InChI=1S/C19H21N3O4S2/c1-13-17(18(20)24)22(28(2,25)26)19(27-13)21(12-14-7-4-3-5-8-14)15-9-6-10-16(23)11-15/h3-11,19,23H,12H2,1-2H3,(H2,20,24). The van der Waals surface area contributed by atoms with E-state index in [1.54, 1.807) is 31.2 Å². The minimum Gasteiger partial charge on any atom is -0.508 e. The Hall–Kier alpha value is -2.65. The van der Waals surface area contributed by atoms with Gasteiger partial charge in [-0.15, -0.1) is 0 Å². The molecule has 3 rings (SSSR count). The van der Waals surface area contributed by atoms with Crippen LogP contribution in [-0.4, -0.2) is 35.5 Å². The fraction of sp³-hybridized carbons (Fsp3) is 0.211. The van der Waals surface area contributed by atoms with Crippen molar-refractivity contribution in [3.63, 3.8) is 0 Å². The highest BCUT2D eigenvalue weighted by Crippen LogP contribution is 2.43. The number of benzene rings is 2. The summed E-state index contributed by atoms with van der Waals surface area (Å²) in [5.41, 5.74) is 6.26. The number of nitrogens with zero attached hydrogens (tertiary/aromatic N) is 2. The smallest absolute Gasteiger partial charge is 0.266 e. The van der Waals surface area contributed by atoms with Crippen molar-refractivity contribution in [3.05, 3.63) is 70.8 Å². The van der Waals surface area contributed by atoms with Gasteiger partial charge in [-0.1, -0.05) is 48.2 Å². The molecular weight excluding hydrogens is 398 g/mol. The number of rotatable bonds is 6. The van der Waals surface area contributed by atoms with Gasteiger partial charge in [-0.25, -0.2) is 12.7 Å². The van der Waals surface area contributed by atoms with Crippen molar-refractivity contribution in [1.29, 1.82) is 0 Å². The minimum absolute atomic E-state index is 0.0317. The van der Waals surface area contributed by atoms with Crippen molar-refractivity contribution >= 4 is 33.4 Å². The largest absolute Gasteiger partial charge is 0.508 e. The van der Waals surface area contributed by atoms with Gasteiger partial charge in [0.25, 0.3) is 5.91 Å². The molecule has 1 amide bonds. The zero-order chi connectivity index (χ0) is 20.5. The van der Waals surface area contributed by atoms with Crippen molar-refractivity contribution in [2.24, 2.45) is 5.73 Å². The van der Waals surface area contributed by atoms with E-state index in [-0.39, 0.29) is 11.4 Å². The Balaban J connectivity index is 2.10. The third-order valence-corrected chi connectivity index (χ3v) is 6.70. The molecule has 1 aliphatic heterocycles. The Kier molecular flexibility index (Phi) is 5.57. The molecule has 2 aromatic carbocycles. The van der Waals surface area contributed by atoms with Crippen molar-refractivity contribution in [1.82, 2.24) is 4.31 Å². The highest BCUT2D eigenvalue weighted by molar-refractivity contribution is 8.04. The number of primary amides is 1. The molecule has 1 unspecified atom stereocenters. The Morgan fingerprint density at radius 1 is 1.21 bits per heavy atom. The molecule has 0 bridgehead atoms.